The maximum absolute atomic E-state index is 13.5. The number of rotatable bonds is 4. The molecule has 0 spiro atoms. The van der Waals surface area contributed by atoms with E-state index >= 15 is 0 Å². The summed E-state index contributed by atoms with van der Waals surface area (Å²) in [4.78, 5) is 23.2. The Balaban J connectivity index is 1.48. The molecular formula is C27H27BrFN5O3. The SMILES string of the molecule is CC(C)(C)OC(=O)N1CC[C@@H](n2c(Br)c(-c3ccc(Oc4cccc(F)c4)cc3)c3c(N)ncnc32)C1. The summed E-state index contributed by atoms with van der Waals surface area (Å²) in [5.41, 5.74) is 8.19. The van der Waals surface area contributed by atoms with Crippen LogP contribution in [0.25, 0.3) is 22.2 Å². The lowest BCUT2D eigenvalue weighted by atomic mass is 10.1. The summed E-state index contributed by atoms with van der Waals surface area (Å²) in [6.07, 6.45) is 1.86. The van der Waals surface area contributed by atoms with Crippen LogP contribution in [0.5, 0.6) is 11.5 Å². The summed E-state index contributed by atoms with van der Waals surface area (Å²) in [7, 11) is 0. The van der Waals surface area contributed by atoms with Gasteiger partial charge in [-0.3, -0.25) is 0 Å². The molecule has 3 heterocycles. The topological polar surface area (TPSA) is 95.5 Å². The molecule has 1 aliphatic rings. The quantitative estimate of drug-likeness (QED) is 0.300. The average Bonchev–Trinajstić information content (AvgIpc) is 3.42. The van der Waals surface area contributed by atoms with Gasteiger partial charge in [-0.15, -0.1) is 0 Å². The van der Waals surface area contributed by atoms with E-state index in [-0.39, 0.29) is 18.0 Å². The van der Waals surface area contributed by atoms with E-state index in [4.69, 9.17) is 15.2 Å². The zero-order chi connectivity index (χ0) is 26.3. The van der Waals surface area contributed by atoms with Gasteiger partial charge in [0.1, 0.15) is 40.7 Å². The lowest BCUT2D eigenvalue weighted by Crippen LogP contribution is -2.35. The molecule has 0 saturated carbocycles. The number of halogens is 2. The standard InChI is InChI=1S/C27H27BrFN5O3/c1-27(2,3)37-26(35)33-12-11-18(14-33)34-23(28)21(22-24(30)31-15-32-25(22)34)16-7-9-19(10-8-16)36-20-6-4-5-17(29)13-20/h4-10,13,15,18H,11-12,14H2,1-3H3,(H2,30,31,32)/t18-/m1/s1. The molecule has 0 bridgehead atoms. The van der Waals surface area contributed by atoms with Crippen LogP contribution in [-0.4, -0.2) is 44.2 Å². The van der Waals surface area contributed by atoms with E-state index in [1.54, 1.807) is 17.0 Å². The number of ether oxygens (including phenoxy) is 2. The van der Waals surface area contributed by atoms with Crippen LogP contribution in [0.15, 0.2) is 59.5 Å². The minimum absolute atomic E-state index is 0.0250. The van der Waals surface area contributed by atoms with Gasteiger partial charge in [-0.05, 0) is 73.0 Å². The predicted octanol–water partition coefficient (Wildman–Crippen LogP) is 6.56. The first-order valence-corrected chi connectivity index (χ1v) is 12.7. The molecule has 0 radical (unpaired) electrons. The molecule has 0 aliphatic carbocycles. The van der Waals surface area contributed by atoms with Crippen molar-refractivity contribution in [3.05, 3.63) is 65.3 Å². The number of amides is 1. The van der Waals surface area contributed by atoms with E-state index in [0.717, 1.165) is 27.5 Å². The van der Waals surface area contributed by atoms with Crippen molar-refractivity contribution >= 4 is 38.9 Å². The molecule has 2 aromatic carbocycles. The maximum atomic E-state index is 13.5. The van der Waals surface area contributed by atoms with Gasteiger partial charge in [-0.2, -0.15) is 0 Å². The fraction of sp³-hybridized carbons (Fsp3) is 0.296. The normalized spacial score (nSPS) is 15.8. The maximum Gasteiger partial charge on any atom is 0.410 e. The Morgan fingerprint density at radius 2 is 1.89 bits per heavy atom. The van der Waals surface area contributed by atoms with Crippen molar-refractivity contribution in [3.8, 4) is 22.6 Å². The molecule has 8 nitrogen and oxygen atoms in total. The minimum Gasteiger partial charge on any atom is -0.457 e. The lowest BCUT2D eigenvalue weighted by molar-refractivity contribution is 0.0289. The number of anilines is 1. The van der Waals surface area contributed by atoms with E-state index in [1.165, 1.54) is 18.5 Å². The van der Waals surface area contributed by atoms with Crippen LogP contribution < -0.4 is 10.5 Å². The minimum atomic E-state index is -0.560. The van der Waals surface area contributed by atoms with Crippen LogP contribution in [0.1, 0.15) is 33.2 Å². The number of hydrogen-bond donors (Lipinski definition) is 1. The van der Waals surface area contributed by atoms with Crippen LogP contribution >= 0.6 is 15.9 Å². The average molecular weight is 568 g/mol. The second kappa shape index (κ2) is 9.66. The van der Waals surface area contributed by atoms with Crippen LogP contribution in [-0.2, 0) is 4.74 Å². The molecule has 10 heteroatoms. The highest BCUT2D eigenvalue weighted by Crippen LogP contribution is 2.43. The Labute approximate surface area is 222 Å². The first-order valence-electron chi connectivity index (χ1n) is 11.9. The van der Waals surface area contributed by atoms with Gasteiger partial charge in [0.2, 0.25) is 0 Å². The van der Waals surface area contributed by atoms with Gasteiger partial charge in [-0.25, -0.2) is 19.2 Å². The number of nitrogen functional groups attached to an aromatic ring is 1. The number of likely N-dealkylation sites (tertiary alicyclic amines) is 1. The molecule has 5 rings (SSSR count). The molecule has 192 valence electrons. The Hall–Kier alpha value is -3.66. The molecule has 1 amide bonds. The number of carbonyl (C=O) groups excluding carboxylic acids is 1. The number of nitrogens with zero attached hydrogens (tertiary/aromatic N) is 4. The molecule has 1 saturated heterocycles. The predicted molar refractivity (Wildman–Crippen MR) is 143 cm³/mol. The largest absolute Gasteiger partial charge is 0.457 e. The van der Waals surface area contributed by atoms with Crippen molar-refractivity contribution in [3.63, 3.8) is 0 Å². The number of benzene rings is 2. The molecule has 4 aromatic rings. The molecule has 0 unspecified atom stereocenters. The van der Waals surface area contributed by atoms with Crippen molar-refractivity contribution in [2.75, 3.05) is 18.8 Å². The highest BCUT2D eigenvalue weighted by molar-refractivity contribution is 9.10. The monoisotopic (exact) mass is 567 g/mol. The number of fused-ring (bicyclic) bond motifs is 1. The lowest BCUT2D eigenvalue weighted by Gasteiger charge is -2.24. The zero-order valence-corrected chi connectivity index (χ0v) is 22.3. The van der Waals surface area contributed by atoms with Crippen molar-refractivity contribution < 1.29 is 18.7 Å². The Bertz CT molecular complexity index is 1470. The molecular weight excluding hydrogens is 541 g/mol. The van der Waals surface area contributed by atoms with Crippen molar-refractivity contribution in [2.45, 2.75) is 38.8 Å². The number of nitrogens with two attached hydrogens (primary N) is 1. The van der Waals surface area contributed by atoms with Gasteiger partial charge in [0.05, 0.1) is 16.0 Å². The van der Waals surface area contributed by atoms with E-state index in [9.17, 15) is 9.18 Å². The van der Waals surface area contributed by atoms with Gasteiger partial charge < -0.3 is 24.7 Å². The Morgan fingerprint density at radius 1 is 1.14 bits per heavy atom. The summed E-state index contributed by atoms with van der Waals surface area (Å²) in [6.45, 7) is 6.63. The smallest absolute Gasteiger partial charge is 0.410 e. The van der Waals surface area contributed by atoms with E-state index in [1.807, 2.05) is 45.0 Å². The molecule has 2 N–H and O–H groups in total. The van der Waals surface area contributed by atoms with Crippen molar-refractivity contribution in [1.29, 1.82) is 0 Å². The first-order chi connectivity index (χ1) is 17.6. The van der Waals surface area contributed by atoms with Crippen LogP contribution in [0, 0.1) is 5.82 Å². The van der Waals surface area contributed by atoms with Gasteiger partial charge in [0.15, 0.2) is 0 Å². The molecule has 37 heavy (non-hydrogen) atoms. The van der Waals surface area contributed by atoms with Gasteiger partial charge in [-0.1, -0.05) is 18.2 Å². The summed E-state index contributed by atoms with van der Waals surface area (Å²) in [5.74, 6) is 0.987. The number of aromatic nitrogens is 3. The molecule has 1 atom stereocenters. The van der Waals surface area contributed by atoms with E-state index in [0.29, 0.717) is 36.1 Å². The summed E-state index contributed by atoms with van der Waals surface area (Å²) in [6, 6.07) is 13.4. The van der Waals surface area contributed by atoms with E-state index < -0.39 is 5.60 Å². The van der Waals surface area contributed by atoms with Crippen molar-refractivity contribution in [1.82, 2.24) is 19.4 Å². The highest BCUT2D eigenvalue weighted by Gasteiger charge is 2.34. The van der Waals surface area contributed by atoms with E-state index in [2.05, 4.69) is 30.5 Å². The third-order valence-corrected chi connectivity index (χ3v) is 6.89. The fourth-order valence-electron chi connectivity index (χ4n) is 4.53. The van der Waals surface area contributed by atoms with Crippen molar-refractivity contribution in [2.24, 2.45) is 0 Å². The number of hydrogen-bond acceptors (Lipinski definition) is 6. The van der Waals surface area contributed by atoms with Gasteiger partial charge in [0, 0.05) is 24.7 Å². The third kappa shape index (κ3) is 5.11. The summed E-state index contributed by atoms with van der Waals surface area (Å²) < 4.78 is 27.7. The highest BCUT2D eigenvalue weighted by atomic mass is 79.9. The van der Waals surface area contributed by atoms with Gasteiger partial charge in [0.25, 0.3) is 0 Å². The second-order valence-corrected chi connectivity index (χ2v) is 10.7. The van der Waals surface area contributed by atoms with Crippen LogP contribution in [0.2, 0.25) is 0 Å². The van der Waals surface area contributed by atoms with Crippen LogP contribution in [0.3, 0.4) is 0 Å². The zero-order valence-electron chi connectivity index (χ0n) is 20.7. The van der Waals surface area contributed by atoms with Crippen LogP contribution in [0.4, 0.5) is 15.0 Å². The molecule has 1 fully saturated rings. The second-order valence-electron chi connectivity index (χ2n) is 9.95. The third-order valence-electron chi connectivity index (χ3n) is 6.11. The Kier molecular flexibility index (Phi) is 6.53. The summed E-state index contributed by atoms with van der Waals surface area (Å²) >= 11 is 3.79. The number of carbonyl (C=O) groups is 1. The fourth-order valence-corrected chi connectivity index (χ4v) is 5.41. The van der Waals surface area contributed by atoms with Gasteiger partial charge >= 0.3 is 6.09 Å². The summed E-state index contributed by atoms with van der Waals surface area (Å²) in [5, 5.41) is 0.726. The molecule has 1 aliphatic heterocycles. The molecule has 2 aromatic heterocycles. The first kappa shape index (κ1) is 25.0. The Morgan fingerprint density at radius 3 is 2.59 bits per heavy atom.